The Bertz CT molecular complexity index is 120. The summed E-state index contributed by atoms with van der Waals surface area (Å²) in [5.74, 6) is 0.402. The molecule has 1 atom stereocenters. The lowest BCUT2D eigenvalue weighted by molar-refractivity contribution is -0.119. The van der Waals surface area contributed by atoms with Gasteiger partial charge in [0.2, 0.25) is 0 Å². The number of hydrogen-bond acceptors (Lipinski definition) is 2. The minimum absolute atomic E-state index is 0.339. The molecule has 0 aromatic heterocycles. The minimum atomic E-state index is 0.339. The molecule has 1 unspecified atom stereocenters. The van der Waals surface area contributed by atoms with E-state index in [9.17, 15) is 4.79 Å². The summed E-state index contributed by atoms with van der Waals surface area (Å²) < 4.78 is 5.17. The van der Waals surface area contributed by atoms with E-state index in [4.69, 9.17) is 4.74 Å². The van der Waals surface area contributed by atoms with Crippen LogP contribution in [0.1, 0.15) is 32.1 Å². The van der Waals surface area contributed by atoms with Crippen LogP contribution in [0, 0.1) is 0 Å². The fourth-order valence-corrected chi connectivity index (χ4v) is 1.35. The zero-order valence-electron chi connectivity index (χ0n) is 6.43. The molecule has 0 aromatic carbocycles. The first kappa shape index (κ1) is 7.73. The predicted molar refractivity (Wildman–Crippen MR) is 38.9 cm³/mol. The summed E-state index contributed by atoms with van der Waals surface area (Å²) in [6.07, 6.45) is 4.82. The second kappa shape index (κ2) is 3.71. The number of hydrogen-bond donors (Lipinski definition) is 0. The molecule has 1 saturated carbocycles. The third kappa shape index (κ3) is 2.10. The van der Waals surface area contributed by atoms with Crippen molar-refractivity contribution in [3.05, 3.63) is 0 Å². The van der Waals surface area contributed by atoms with Crippen LogP contribution >= 0.6 is 0 Å². The van der Waals surface area contributed by atoms with Crippen LogP contribution in [0.25, 0.3) is 0 Å². The number of carbonyl (C=O) groups is 1. The molecule has 0 amide bonds. The molecule has 0 N–H and O–H groups in total. The van der Waals surface area contributed by atoms with E-state index < -0.39 is 0 Å². The molecule has 1 aliphatic rings. The molecule has 1 rings (SSSR count). The second-order valence-electron chi connectivity index (χ2n) is 2.83. The summed E-state index contributed by atoms with van der Waals surface area (Å²) in [6.45, 7) is 0. The monoisotopic (exact) mass is 142 g/mol. The highest BCUT2D eigenvalue weighted by atomic mass is 16.5. The first-order valence-corrected chi connectivity index (χ1v) is 3.87. The van der Waals surface area contributed by atoms with E-state index in [0.717, 1.165) is 32.1 Å². The van der Waals surface area contributed by atoms with Crippen molar-refractivity contribution in [2.45, 2.75) is 38.2 Å². The molecule has 0 spiro atoms. The first-order valence-electron chi connectivity index (χ1n) is 3.87. The van der Waals surface area contributed by atoms with Gasteiger partial charge in [-0.1, -0.05) is 0 Å². The molecular weight excluding hydrogens is 128 g/mol. The van der Waals surface area contributed by atoms with Crippen molar-refractivity contribution in [2.75, 3.05) is 7.11 Å². The lowest BCUT2D eigenvalue weighted by Gasteiger charge is -2.09. The van der Waals surface area contributed by atoms with Crippen molar-refractivity contribution in [3.8, 4) is 0 Å². The average Bonchev–Trinajstić information content (AvgIpc) is 2.14. The van der Waals surface area contributed by atoms with Crippen LogP contribution in [-0.4, -0.2) is 19.0 Å². The highest BCUT2D eigenvalue weighted by molar-refractivity contribution is 5.78. The van der Waals surface area contributed by atoms with Crippen LogP contribution in [0.4, 0.5) is 0 Å². The normalized spacial score (nSPS) is 28.1. The molecule has 10 heavy (non-hydrogen) atoms. The quantitative estimate of drug-likeness (QED) is 0.519. The summed E-state index contributed by atoms with van der Waals surface area (Å²) in [6, 6.07) is 0. The SMILES string of the molecule is COC1CCCC(=O)CC1. The number of rotatable bonds is 1. The summed E-state index contributed by atoms with van der Waals surface area (Å²) in [4.78, 5) is 10.9. The van der Waals surface area contributed by atoms with E-state index in [2.05, 4.69) is 0 Å². The second-order valence-corrected chi connectivity index (χ2v) is 2.83. The summed E-state index contributed by atoms with van der Waals surface area (Å²) in [5, 5.41) is 0. The third-order valence-corrected chi connectivity index (χ3v) is 2.06. The Hall–Kier alpha value is -0.370. The van der Waals surface area contributed by atoms with Gasteiger partial charge < -0.3 is 4.74 Å². The van der Waals surface area contributed by atoms with E-state index in [1.165, 1.54) is 0 Å². The van der Waals surface area contributed by atoms with Gasteiger partial charge in [-0.2, -0.15) is 0 Å². The van der Waals surface area contributed by atoms with Crippen LogP contribution in [0.3, 0.4) is 0 Å². The van der Waals surface area contributed by atoms with Gasteiger partial charge in [0.25, 0.3) is 0 Å². The van der Waals surface area contributed by atoms with E-state index in [0.29, 0.717) is 11.9 Å². The molecule has 2 heteroatoms. The molecule has 0 aliphatic heterocycles. The fourth-order valence-electron chi connectivity index (χ4n) is 1.35. The average molecular weight is 142 g/mol. The zero-order chi connectivity index (χ0) is 7.40. The topological polar surface area (TPSA) is 26.3 Å². The van der Waals surface area contributed by atoms with Crippen molar-refractivity contribution in [2.24, 2.45) is 0 Å². The zero-order valence-corrected chi connectivity index (χ0v) is 6.43. The van der Waals surface area contributed by atoms with Gasteiger partial charge >= 0.3 is 0 Å². The number of ketones is 1. The Balaban J connectivity index is 2.33. The molecule has 0 aromatic rings. The van der Waals surface area contributed by atoms with Crippen LogP contribution in [0.15, 0.2) is 0 Å². The number of methoxy groups -OCH3 is 1. The molecule has 58 valence electrons. The number of carbonyl (C=O) groups excluding carboxylic acids is 1. The Labute approximate surface area is 61.6 Å². The van der Waals surface area contributed by atoms with E-state index in [1.807, 2.05) is 0 Å². The van der Waals surface area contributed by atoms with Gasteiger partial charge in [-0.05, 0) is 19.3 Å². The molecule has 0 radical (unpaired) electrons. The molecule has 0 heterocycles. The fraction of sp³-hybridized carbons (Fsp3) is 0.875. The maximum absolute atomic E-state index is 10.9. The Morgan fingerprint density at radius 2 is 2.20 bits per heavy atom. The van der Waals surface area contributed by atoms with Crippen molar-refractivity contribution < 1.29 is 9.53 Å². The van der Waals surface area contributed by atoms with Crippen LogP contribution in [-0.2, 0) is 9.53 Å². The van der Waals surface area contributed by atoms with Gasteiger partial charge in [0.1, 0.15) is 5.78 Å². The Morgan fingerprint density at radius 3 is 2.90 bits per heavy atom. The molecule has 1 fully saturated rings. The smallest absolute Gasteiger partial charge is 0.133 e. The summed E-state index contributed by atoms with van der Waals surface area (Å²) in [7, 11) is 1.72. The van der Waals surface area contributed by atoms with Gasteiger partial charge in [-0.15, -0.1) is 0 Å². The van der Waals surface area contributed by atoms with Gasteiger partial charge in [0.15, 0.2) is 0 Å². The van der Waals surface area contributed by atoms with Gasteiger partial charge in [-0.25, -0.2) is 0 Å². The number of ether oxygens (including phenoxy) is 1. The first-order chi connectivity index (χ1) is 4.83. The lowest BCUT2D eigenvalue weighted by atomic mass is 10.2. The predicted octanol–water partition coefficient (Wildman–Crippen LogP) is 1.53. The van der Waals surface area contributed by atoms with Crippen molar-refractivity contribution in [1.29, 1.82) is 0 Å². The summed E-state index contributed by atoms with van der Waals surface area (Å²) in [5.41, 5.74) is 0. The Kier molecular flexibility index (Phi) is 2.87. The molecule has 2 nitrogen and oxygen atoms in total. The largest absolute Gasteiger partial charge is 0.381 e. The highest BCUT2D eigenvalue weighted by Crippen LogP contribution is 2.16. The molecule has 0 saturated heterocycles. The molecule has 0 bridgehead atoms. The minimum Gasteiger partial charge on any atom is -0.381 e. The summed E-state index contributed by atoms with van der Waals surface area (Å²) >= 11 is 0. The number of Topliss-reactive ketones (excluding diaryl/α,β-unsaturated/α-hetero) is 1. The highest BCUT2D eigenvalue weighted by Gasteiger charge is 2.14. The van der Waals surface area contributed by atoms with Gasteiger partial charge in [0.05, 0.1) is 6.10 Å². The van der Waals surface area contributed by atoms with E-state index in [-0.39, 0.29) is 0 Å². The van der Waals surface area contributed by atoms with Crippen LogP contribution in [0.5, 0.6) is 0 Å². The maximum Gasteiger partial charge on any atom is 0.133 e. The van der Waals surface area contributed by atoms with E-state index in [1.54, 1.807) is 7.11 Å². The van der Waals surface area contributed by atoms with Crippen LogP contribution < -0.4 is 0 Å². The van der Waals surface area contributed by atoms with E-state index >= 15 is 0 Å². The Morgan fingerprint density at radius 1 is 1.40 bits per heavy atom. The van der Waals surface area contributed by atoms with Gasteiger partial charge in [-0.3, -0.25) is 4.79 Å². The van der Waals surface area contributed by atoms with Crippen LogP contribution in [0.2, 0.25) is 0 Å². The standard InChI is InChI=1S/C8H14O2/c1-10-8-4-2-3-7(9)5-6-8/h8H,2-6H2,1H3. The lowest BCUT2D eigenvalue weighted by Crippen LogP contribution is -2.08. The maximum atomic E-state index is 10.9. The molecular formula is C8H14O2. The molecule has 1 aliphatic carbocycles. The van der Waals surface area contributed by atoms with Crippen molar-refractivity contribution >= 4 is 5.78 Å². The third-order valence-electron chi connectivity index (χ3n) is 2.06. The van der Waals surface area contributed by atoms with Crippen molar-refractivity contribution in [3.63, 3.8) is 0 Å². The van der Waals surface area contributed by atoms with Crippen molar-refractivity contribution in [1.82, 2.24) is 0 Å². The van der Waals surface area contributed by atoms with Gasteiger partial charge in [0, 0.05) is 20.0 Å².